The Hall–Kier alpha value is -2.20. The Morgan fingerprint density at radius 2 is 1.89 bits per heavy atom. The van der Waals surface area contributed by atoms with Gasteiger partial charge in [0.1, 0.15) is 5.75 Å². The predicted octanol–water partition coefficient (Wildman–Crippen LogP) is 3.47. The lowest BCUT2D eigenvalue weighted by Crippen LogP contribution is -1.90. The number of nitrogens with zero attached hydrogens (tertiary/aromatic N) is 3. The fourth-order valence-electron chi connectivity index (χ4n) is 1.65. The van der Waals surface area contributed by atoms with Gasteiger partial charge in [0, 0.05) is 23.8 Å². The van der Waals surface area contributed by atoms with Crippen molar-refractivity contribution in [1.82, 2.24) is 15.0 Å². The maximum Gasteiger partial charge on any atom is 0.225 e. The molecule has 0 atom stereocenters. The van der Waals surface area contributed by atoms with Crippen LogP contribution in [0.3, 0.4) is 0 Å². The molecule has 2 aromatic heterocycles. The van der Waals surface area contributed by atoms with Gasteiger partial charge in [0.15, 0.2) is 0 Å². The molecule has 18 heavy (non-hydrogen) atoms. The number of aromatic nitrogens is 3. The molecule has 2 heterocycles. The van der Waals surface area contributed by atoms with E-state index < -0.39 is 0 Å². The largest absolute Gasteiger partial charge is 0.438 e. The van der Waals surface area contributed by atoms with E-state index in [1.807, 2.05) is 30.3 Å². The number of halogens is 1. The maximum absolute atomic E-state index is 5.71. The fourth-order valence-corrected chi connectivity index (χ4v) is 1.79. The summed E-state index contributed by atoms with van der Waals surface area (Å²) < 4.78 is 5.70. The van der Waals surface area contributed by atoms with Gasteiger partial charge >= 0.3 is 0 Å². The zero-order valence-corrected chi connectivity index (χ0v) is 10.0. The van der Waals surface area contributed by atoms with Crippen molar-refractivity contribution in [2.24, 2.45) is 0 Å². The second-order valence-electron chi connectivity index (χ2n) is 3.59. The zero-order chi connectivity index (χ0) is 12.4. The van der Waals surface area contributed by atoms with Gasteiger partial charge in [-0.2, -0.15) is 4.98 Å². The molecule has 3 rings (SSSR count). The lowest BCUT2D eigenvalue weighted by Gasteiger charge is -2.07. The smallest absolute Gasteiger partial charge is 0.225 e. The highest BCUT2D eigenvalue weighted by Gasteiger charge is 2.05. The number of fused-ring (bicyclic) bond motifs is 1. The summed E-state index contributed by atoms with van der Waals surface area (Å²) in [4.78, 5) is 12.1. The summed E-state index contributed by atoms with van der Waals surface area (Å²) >= 11 is 5.71. The number of hydrogen-bond acceptors (Lipinski definition) is 4. The standard InChI is InChI=1S/C13H8ClN3O/c14-13-16-8-6-12(17-13)18-11-5-1-4-10-9(11)3-2-7-15-10/h1-8H. The summed E-state index contributed by atoms with van der Waals surface area (Å²) in [5.74, 6) is 1.10. The number of pyridine rings is 1. The second-order valence-corrected chi connectivity index (χ2v) is 3.93. The van der Waals surface area contributed by atoms with Gasteiger partial charge in [0.25, 0.3) is 0 Å². The third kappa shape index (κ3) is 2.10. The minimum Gasteiger partial charge on any atom is -0.438 e. The van der Waals surface area contributed by atoms with Crippen molar-refractivity contribution in [2.75, 3.05) is 0 Å². The molecule has 0 unspecified atom stereocenters. The summed E-state index contributed by atoms with van der Waals surface area (Å²) in [7, 11) is 0. The maximum atomic E-state index is 5.71. The lowest BCUT2D eigenvalue weighted by molar-refractivity contribution is 0.467. The van der Waals surface area contributed by atoms with E-state index in [1.54, 1.807) is 18.5 Å². The minimum atomic E-state index is 0.158. The Bertz CT molecular complexity index is 697. The number of hydrogen-bond donors (Lipinski definition) is 0. The fraction of sp³-hybridized carbons (Fsp3) is 0. The van der Waals surface area contributed by atoms with Gasteiger partial charge in [-0.15, -0.1) is 0 Å². The third-order valence-electron chi connectivity index (χ3n) is 2.42. The summed E-state index contributed by atoms with van der Waals surface area (Å²) in [5.41, 5.74) is 0.871. The van der Waals surface area contributed by atoms with Crippen LogP contribution in [0.1, 0.15) is 0 Å². The Morgan fingerprint density at radius 1 is 0.944 bits per heavy atom. The SMILES string of the molecule is Clc1nccc(Oc2cccc3ncccc23)n1. The van der Waals surface area contributed by atoms with Crippen molar-refractivity contribution in [3.8, 4) is 11.6 Å². The summed E-state index contributed by atoms with van der Waals surface area (Å²) in [6.07, 6.45) is 3.29. The third-order valence-corrected chi connectivity index (χ3v) is 2.60. The van der Waals surface area contributed by atoms with Gasteiger partial charge in [-0.1, -0.05) is 6.07 Å². The Morgan fingerprint density at radius 3 is 2.78 bits per heavy atom. The number of ether oxygens (including phenoxy) is 1. The summed E-state index contributed by atoms with van der Waals surface area (Å²) in [6, 6.07) is 11.1. The van der Waals surface area contributed by atoms with Crippen molar-refractivity contribution in [3.63, 3.8) is 0 Å². The highest BCUT2D eigenvalue weighted by atomic mass is 35.5. The zero-order valence-electron chi connectivity index (χ0n) is 9.25. The van der Waals surface area contributed by atoms with Gasteiger partial charge in [0.05, 0.1) is 5.52 Å². The normalized spacial score (nSPS) is 10.5. The van der Waals surface area contributed by atoms with Crippen LogP contribution in [0.25, 0.3) is 10.9 Å². The van der Waals surface area contributed by atoms with E-state index in [1.165, 1.54) is 0 Å². The van der Waals surface area contributed by atoms with Crippen molar-refractivity contribution in [3.05, 3.63) is 54.1 Å². The van der Waals surface area contributed by atoms with Crippen LogP contribution in [-0.4, -0.2) is 15.0 Å². The van der Waals surface area contributed by atoms with Crippen molar-refractivity contribution in [1.29, 1.82) is 0 Å². The monoisotopic (exact) mass is 257 g/mol. The molecule has 0 saturated carbocycles. The predicted molar refractivity (Wildman–Crippen MR) is 68.9 cm³/mol. The first-order valence-corrected chi connectivity index (χ1v) is 5.71. The second kappa shape index (κ2) is 4.58. The van der Waals surface area contributed by atoms with Crippen LogP contribution in [0, 0.1) is 0 Å². The topological polar surface area (TPSA) is 47.9 Å². The van der Waals surface area contributed by atoms with Crippen LogP contribution in [0.4, 0.5) is 0 Å². The van der Waals surface area contributed by atoms with Crippen LogP contribution >= 0.6 is 11.6 Å². The van der Waals surface area contributed by atoms with Crippen LogP contribution in [0.5, 0.6) is 11.6 Å². The summed E-state index contributed by atoms with van der Waals surface area (Å²) in [6.45, 7) is 0. The van der Waals surface area contributed by atoms with E-state index in [0.29, 0.717) is 11.6 Å². The van der Waals surface area contributed by atoms with Crippen LogP contribution in [0.15, 0.2) is 48.8 Å². The van der Waals surface area contributed by atoms with Crippen LogP contribution in [-0.2, 0) is 0 Å². The Balaban J connectivity index is 2.05. The molecule has 0 bridgehead atoms. The molecular formula is C13H8ClN3O. The molecule has 88 valence electrons. The molecule has 1 aromatic carbocycles. The molecule has 0 aliphatic rings. The molecular weight excluding hydrogens is 250 g/mol. The van der Waals surface area contributed by atoms with Gasteiger partial charge < -0.3 is 4.74 Å². The molecule has 5 heteroatoms. The average Bonchev–Trinajstić information content (AvgIpc) is 2.39. The minimum absolute atomic E-state index is 0.158. The highest BCUT2D eigenvalue weighted by molar-refractivity contribution is 6.28. The number of benzene rings is 1. The first-order valence-electron chi connectivity index (χ1n) is 5.33. The molecule has 0 N–H and O–H groups in total. The van der Waals surface area contributed by atoms with Gasteiger partial charge in [-0.05, 0) is 35.9 Å². The van der Waals surface area contributed by atoms with Crippen LogP contribution in [0.2, 0.25) is 5.28 Å². The van der Waals surface area contributed by atoms with E-state index >= 15 is 0 Å². The Kier molecular flexibility index (Phi) is 2.78. The molecule has 0 radical (unpaired) electrons. The molecule has 3 aromatic rings. The van der Waals surface area contributed by atoms with Gasteiger partial charge in [-0.3, -0.25) is 4.98 Å². The average molecular weight is 258 g/mol. The van der Waals surface area contributed by atoms with E-state index in [2.05, 4.69) is 15.0 Å². The van der Waals surface area contributed by atoms with Gasteiger partial charge in [0.2, 0.25) is 11.2 Å². The van der Waals surface area contributed by atoms with Crippen molar-refractivity contribution < 1.29 is 4.74 Å². The van der Waals surface area contributed by atoms with Crippen LogP contribution < -0.4 is 4.74 Å². The molecule has 0 aliphatic heterocycles. The lowest BCUT2D eigenvalue weighted by atomic mass is 10.2. The Labute approximate surface area is 108 Å². The molecule has 0 aliphatic carbocycles. The van der Waals surface area contributed by atoms with Crippen molar-refractivity contribution in [2.45, 2.75) is 0 Å². The highest BCUT2D eigenvalue weighted by Crippen LogP contribution is 2.27. The molecule has 0 spiro atoms. The van der Waals surface area contributed by atoms with E-state index in [-0.39, 0.29) is 5.28 Å². The first-order chi connectivity index (χ1) is 8.83. The van der Waals surface area contributed by atoms with Crippen molar-refractivity contribution >= 4 is 22.5 Å². The molecule has 0 saturated heterocycles. The van der Waals surface area contributed by atoms with Gasteiger partial charge in [-0.25, -0.2) is 4.98 Å². The molecule has 4 nitrogen and oxygen atoms in total. The number of rotatable bonds is 2. The van der Waals surface area contributed by atoms with E-state index in [4.69, 9.17) is 16.3 Å². The van der Waals surface area contributed by atoms with E-state index in [9.17, 15) is 0 Å². The quantitative estimate of drug-likeness (QED) is 0.660. The molecule has 0 amide bonds. The summed E-state index contributed by atoms with van der Waals surface area (Å²) in [5, 5.41) is 1.08. The first kappa shape index (κ1) is 10.9. The molecule has 0 fully saturated rings. The van der Waals surface area contributed by atoms with E-state index in [0.717, 1.165) is 10.9 Å².